The molecule has 0 bridgehead atoms. The molecular weight excluding hydrogens is 202 g/mol. The van der Waals surface area contributed by atoms with Crippen LogP contribution in [0.4, 0.5) is 0 Å². The summed E-state index contributed by atoms with van der Waals surface area (Å²) in [6.07, 6.45) is 6.01. The molecule has 0 amide bonds. The van der Waals surface area contributed by atoms with E-state index in [-0.39, 0.29) is 12.1 Å². The van der Waals surface area contributed by atoms with Crippen molar-refractivity contribution in [2.45, 2.75) is 37.8 Å². The summed E-state index contributed by atoms with van der Waals surface area (Å²) in [5.41, 5.74) is 6.37. The van der Waals surface area contributed by atoms with E-state index in [2.05, 4.69) is 4.98 Å². The third kappa shape index (κ3) is 2.50. The molecule has 2 N–H and O–H groups in total. The summed E-state index contributed by atoms with van der Waals surface area (Å²) in [6.45, 7) is 0. The van der Waals surface area contributed by atoms with Crippen molar-refractivity contribution in [3.63, 3.8) is 0 Å². The summed E-state index contributed by atoms with van der Waals surface area (Å²) in [6, 6.07) is 5.52. The average Bonchev–Trinajstić information content (AvgIpc) is 2.32. The molecule has 1 aliphatic carbocycles. The number of hydrogen-bond acceptors (Lipinski definition) is 4. The van der Waals surface area contributed by atoms with Gasteiger partial charge in [0.25, 0.3) is 0 Å². The minimum Gasteiger partial charge on any atom is -0.489 e. The Morgan fingerprint density at radius 2 is 2.25 bits per heavy atom. The molecule has 1 aliphatic rings. The Morgan fingerprint density at radius 1 is 1.44 bits per heavy atom. The Kier molecular flexibility index (Phi) is 3.37. The molecule has 1 fully saturated rings. The van der Waals surface area contributed by atoms with Crippen molar-refractivity contribution in [1.82, 2.24) is 4.98 Å². The van der Waals surface area contributed by atoms with Crippen LogP contribution in [-0.2, 0) is 0 Å². The highest BCUT2D eigenvalue weighted by atomic mass is 16.5. The minimum atomic E-state index is 0.0719. The maximum Gasteiger partial charge on any atom is 0.144 e. The second kappa shape index (κ2) is 4.95. The van der Waals surface area contributed by atoms with Crippen LogP contribution >= 0.6 is 0 Å². The molecule has 0 radical (unpaired) electrons. The van der Waals surface area contributed by atoms with Gasteiger partial charge in [-0.1, -0.05) is 6.42 Å². The number of pyridine rings is 1. The highest BCUT2D eigenvalue weighted by Gasteiger charge is 2.23. The summed E-state index contributed by atoms with van der Waals surface area (Å²) >= 11 is 0. The van der Waals surface area contributed by atoms with Crippen LogP contribution in [-0.4, -0.2) is 17.1 Å². The van der Waals surface area contributed by atoms with Crippen molar-refractivity contribution in [2.75, 3.05) is 0 Å². The molecule has 84 valence electrons. The molecule has 2 rings (SSSR count). The first-order valence-electron chi connectivity index (χ1n) is 5.58. The average molecular weight is 217 g/mol. The molecule has 0 spiro atoms. The van der Waals surface area contributed by atoms with Crippen LogP contribution in [0.3, 0.4) is 0 Å². The lowest BCUT2D eigenvalue weighted by Crippen LogP contribution is -2.41. The predicted octanol–water partition coefficient (Wildman–Crippen LogP) is 1.60. The number of nitrogens with zero attached hydrogens (tertiary/aromatic N) is 2. The molecule has 4 heteroatoms. The highest BCUT2D eigenvalue weighted by Crippen LogP contribution is 2.22. The summed E-state index contributed by atoms with van der Waals surface area (Å²) in [7, 11) is 0. The monoisotopic (exact) mass is 217 g/mol. The predicted molar refractivity (Wildman–Crippen MR) is 59.8 cm³/mol. The van der Waals surface area contributed by atoms with Crippen LogP contribution in [0.1, 0.15) is 31.4 Å². The van der Waals surface area contributed by atoms with Gasteiger partial charge in [0.1, 0.15) is 23.6 Å². The molecule has 1 aromatic heterocycles. The normalized spacial score (nSPS) is 24.8. The molecular formula is C12H15N3O. The smallest absolute Gasteiger partial charge is 0.144 e. The number of nitriles is 1. The number of hydrogen-bond donors (Lipinski definition) is 1. The molecule has 16 heavy (non-hydrogen) atoms. The molecule has 1 heterocycles. The minimum absolute atomic E-state index is 0.0719. The van der Waals surface area contributed by atoms with Crippen molar-refractivity contribution < 1.29 is 4.74 Å². The lowest BCUT2D eigenvalue weighted by atomic mass is 9.93. The lowest BCUT2D eigenvalue weighted by molar-refractivity contribution is 0.132. The SMILES string of the molecule is N#Cc1cc(OC2CCCCC2N)ccn1. The van der Waals surface area contributed by atoms with Gasteiger partial charge in [0, 0.05) is 18.3 Å². The van der Waals surface area contributed by atoms with Gasteiger partial charge in [0.15, 0.2) is 0 Å². The number of ether oxygens (including phenoxy) is 1. The van der Waals surface area contributed by atoms with Gasteiger partial charge in [0.2, 0.25) is 0 Å². The van der Waals surface area contributed by atoms with Gasteiger partial charge in [-0.15, -0.1) is 0 Å². The molecule has 4 nitrogen and oxygen atoms in total. The molecule has 1 saturated carbocycles. The van der Waals surface area contributed by atoms with E-state index in [0.717, 1.165) is 19.3 Å². The van der Waals surface area contributed by atoms with Crippen molar-refractivity contribution in [2.24, 2.45) is 5.73 Å². The Hall–Kier alpha value is -1.60. The standard InChI is InChI=1S/C12H15N3O/c13-8-9-7-10(5-6-15-9)16-12-4-2-1-3-11(12)14/h5-7,11-12H,1-4,14H2. The summed E-state index contributed by atoms with van der Waals surface area (Å²) in [5.74, 6) is 0.689. The van der Waals surface area contributed by atoms with Gasteiger partial charge in [-0.05, 0) is 25.3 Å². The Morgan fingerprint density at radius 3 is 3.00 bits per heavy atom. The quantitative estimate of drug-likeness (QED) is 0.816. The van der Waals surface area contributed by atoms with E-state index in [0.29, 0.717) is 11.4 Å². The van der Waals surface area contributed by atoms with Crippen LogP contribution in [0.2, 0.25) is 0 Å². The number of aromatic nitrogens is 1. The van der Waals surface area contributed by atoms with E-state index in [9.17, 15) is 0 Å². The van der Waals surface area contributed by atoms with E-state index in [4.69, 9.17) is 15.7 Å². The van der Waals surface area contributed by atoms with Gasteiger partial charge in [-0.25, -0.2) is 4.98 Å². The molecule has 0 saturated heterocycles. The highest BCUT2D eigenvalue weighted by molar-refractivity contribution is 5.29. The Bertz CT molecular complexity index is 399. The summed E-state index contributed by atoms with van der Waals surface area (Å²) in [5, 5.41) is 8.73. The topological polar surface area (TPSA) is 71.9 Å². The zero-order valence-electron chi connectivity index (χ0n) is 9.10. The van der Waals surface area contributed by atoms with Crippen LogP contribution in [0, 0.1) is 11.3 Å². The first-order chi connectivity index (χ1) is 7.79. The van der Waals surface area contributed by atoms with Gasteiger partial charge in [0.05, 0.1) is 0 Å². The first-order valence-corrected chi connectivity index (χ1v) is 5.58. The van der Waals surface area contributed by atoms with Gasteiger partial charge < -0.3 is 10.5 Å². The number of rotatable bonds is 2. The maximum atomic E-state index is 8.73. The van der Waals surface area contributed by atoms with E-state index in [1.807, 2.05) is 6.07 Å². The fraction of sp³-hybridized carbons (Fsp3) is 0.500. The molecule has 2 atom stereocenters. The van der Waals surface area contributed by atoms with Crippen LogP contribution in [0.5, 0.6) is 5.75 Å². The summed E-state index contributed by atoms with van der Waals surface area (Å²) in [4.78, 5) is 3.90. The maximum absolute atomic E-state index is 8.73. The zero-order chi connectivity index (χ0) is 11.4. The fourth-order valence-electron chi connectivity index (χ4n) is 1.99. The van der Waals surface area contributed by atoms with E-state index >= 15 is 0 Å². The third-order valence-electron chi connectivity index (χ3n) is 2.89. The fourth-order valence-corrected chi connectivity index (χ4v) is 1.99. The van der Waals surface area contributed by atoms with Crippen molar-refractivity contribution in [1.29, 1.82) is 5.26 Å². The number of nitrogens with two attached hydrogens (primary N) is 1. The van der Waals surface area contributed by atoms with Gasteiger partial charge in [-0.2, -0.15) is 5.26 Å². The molecule has 0 aromatic carbocycles. The van der Waals surface area contributed by atoms with E-state index in [1.165, 1.54) is 6.42 Å². The lowest BCUT2D eigenvalue weighted by Gasteiger charge is -2.29. The van der Waals surface area contributed by atoms with Crippen LogP contribution < -0.4 is 10.5 Å². The van der Waals surface area contributed by atoms with Crippen molar-refractivity contribution >= 4 is 0 Å². The second-order valence-electron chi connectivity index (χ2n) is 4.09. The third-order valence-corrected chi connectivity index (χ3v) is 2.89. The van der Waals surface area contributed by atoms with Crippen LogP contribution in [0.15, 0.2) is 18.3 Å². The largest absolute Gasteiger partial charge is 0.489 e. The van der Waals surface area contributed by atoms with Gasteiger partial charge >= 0.3 is 0 Å². The van der Waals surface area contributed by atoms with Crippen LogP contribution in [0.25, 0.3) is 0 Å². The first kappa shape index (κ1) is 10.9. The molecule has 0 aliphatic heterocycles. The molecule has 2 unspecified atom stereocenters. The van der Waals surface area contributed by atoms with E-state index < -0.39 is 0 Å². The second-order valence-corrected chi connectivity index (χ2v) is 4.09. The van der Waals surface area contributed by atoms with Gasteiger partial charge in [-0.3, -0.25) is 0 Å². The Balaban J connectivity index is 2.05. The zero-order valence-corrected chi connectivity index (χ0v) is 9.10. The Labute approximate surface area is 95.0 Å². The van der Waals surface area contributed by atoms with E-state index in [1.54, 1.807) is 18.3 Å². The van der Waals surface area contributed by atoms with Crippen molar-refractivity contribution in [3.05, 3.63) is 24.0 Å². The van der Waals surface area contributed by atoms with Crippen molar-refractivity contribution in [3.8, 4) is 11.8 Å². The summed E-state index contributed by atoms with van der Waals surface area (Å²) < 4.78 is 5.79. The molecule has 1 aromatic rings.